The van der Waals surface area contributed by atoms with E-state index in [9.17, 15) is 0 Å². The van der Waals surface area contributed by atoms with Crippen molar-refractivity contribution in [3.05, 3.63) is 520 Å². The molecule has 3 spiro atoms. The summed E-state index contributed by atoms with van der Waals surface area (Å²) < 4.78 is 0. The van der Waals surface area contributed by atoms with Crippen LogP contribution < -0.4 is 0 Å². The standard InChI is InChI=1S/C51H39N3.C46H36N2.C45H35N3/c1-4-27-51(28-5-1)46-13-3-2-11-45(46)50-44(12-6-14-47(50)51)39-23-19-37(20-24-39)35-15-17-36(18-16-35)38-21-25-40(26-22-38)48-31-43(41-9-7-29-52-33-41)32-49(54-48)42-10-8-30-53-34-42;1-4-15-32(16-5-1)33-25-27-35(28-26-33)43-31-42(34-17-6-2-7-18-34)47-45(48-43)38-20-9-8-19-36(38)37-22-14-24-41-44(37)39-21-10-11-23-40(39)46(41)29-12-3-13-30-46;1-4-21-45(22-5-1)40-19-3-2-17-39(40)44-38(18-8-20-41(44)45)33-13-6-11-31(25-33)32-12-7-14-34(26-32)42-27-37(35-15-9-23-46-29-35)28-43(48-42)36-16-10-24-47-30-36/h2-3,6-26,29-34H,1,4-5,27-28H2;1-2,4-11,14-28,31H,3,12-13,29-30H2;2-3,6-20,23-30H,1,4-5,21-22H2. The van der Waals surface area contributed by atoms with Crippen molar-refractivity contribution >= 4 is 0 Å². The molecule has 0 amide bonds. The van der Waals surface area contributed by atoms with Crippen LogP contribution in [-0.4, -0.2) is 39.9 Å². The first-order valence-corrected chi connectivity index (χ1v) is 53.4. The van der Waals surface area contributed by atoms with Crippen molar-refractivity contribution in [2.24, 2.45) is 0 Å². The smallest absolute Gasteiger partial charge is 0.161 e. The van der Waals surface area contributed by atoms with Gasteiger partial charge in [0.05, 0.1) is 34.2 Å². The Labute approximate surface area is 878 Å². The van der Waals surface area contributed by atoms with Crippen molar-refractivity contribution in [1.29, 1.82) is 0 Å². The predicted octanol–water partition coefficient (Wildman–Crippen LogP) is 36.6. The van der Waals surface area contributed by atoms with Crippen molar-refractivity contribution in [1.82, 2.24) is 39.9 Å². The lowest BCUT2D eigenvalue weighted by atomic mass is 9.67. The van der Waals surface area contributed by atoms with Gasteiger partial charge >= 0.3 is 0 Å². The van der Waals surface area contributed by atoms with E-state index in [-0.39, 0.29) is 16.2 Å². The molecule has 7 aromatic heterocycles. The third kappa shape index (κ3) is 17.3. The third-order valence-electron chi connectivity index (χ3n) is 32.7. The molecule has 3 fully saturated rings. The molecular weight excluding hydrogens is 1820 g/mol. The van der Waals surface area contributed by atoms with Crippen molar-refractivity contribution in [2.45, 2.75) is 113 Å². The van der Waals surface area contributed by atoms with Gasteiger partial charge in [-0.1, -0.05) is 416 Å². The van der Waals surface area contributed by atoms with Crippen LogP contribution in [0.1, 0.15) is 130 Å². The summed E-state index contributed by atoms with van der Waals surface area (Å²) in [4.78, 5) is 38.2. The van der Waals surface area contributed by atoms with E-state index >= 15 is 0 Å². The molecule has 8 nitrogen and oxygen atoms in total. The Morgan fingerprint density at radius 1 is 0.140 bits per heavy atom. The minimum absolute atomic E-state index is 0.109. The van der Waals surface area contributed by atoms with Gasteiger partial charge < -0.3 is 0 Å². The molecule has 0 saturated heterocycles. The number of pyridine rings is 6. The fraction of sp³-hybridized carbons (Fsp3) is 0.127. The highest BCUT2D eigenvalue weighted by Gasteiger charge is 2.48. The van der Waals surface area contributed by atoms with E-state index in [0.717, 1.165) is 101 Å². The summed E-state index contributed by atoms with van der Waals surface area (Å²) in [6.45, 7) is 0. The molecule has 22 aromatic rings. The van der Waals surface area contributed by atoms with Gasteiger partial charge in [0.15, 0.2) is 5.82 Å². The monoisotopic (exact) mass is 1930 g/mol. The molecule has 0 atom stereocenters. The topological polar surface area (TPSA) is 103 Å². The van der Waals surface area contributed by atoms with Crippen LogP contribution in [0.5, 0.6) is 0 Å². The van der Waals surface area contributed by atoms with Crippen molar-refractivity contribution < 1.29 is 0 Å². The van der Waals surface area contributed by atoms with Gasteiger partial charge in [-0.3, -0.25) is 19.9 Å². The van der Waals surface area contributed by atoms with E-state index < -0.39 is 0 Å². The summed E-state index contributed by atoms with van der Waals surface area (Å²) in [7, 11) is 0. The van der Waals surface area contributed by atoms with Gasteiger partial charge in [0.25, 0.3) is 0 Å². The lowest BCUT2D eigenvalue weighted by Crippen LogP contribution is -2.27. The molecule has 0 bridgehead atoms. The number of rotatable bonds is 16. The molecule has 150 heavy (non-hydrogen) atoms. The summed E-state index contributed by atoms with van der Waals surface area (Å²) in [5.41, 5.74) is 52.3. The van der Waals surface area contributed by atoms with Crippen LogP contribution in [0, 0.1) is 0 Å². The average Bonchev–Trinajstić information content (AvgIpc) is 1.56. The minimum atomic E-state index is 0.109. The van der Waals surface area contributed by atoms with Gasteiger partial charge in [-0.15, -0.1) is 0 Å². The molecular formula is C142H110N8. The molecule has 6 aliphatic rings. The Kier molecular flexibility index (Phi) is 24.7. The van der Waals surface area contributed by atoms with Crippen molar-refractivity contribution in [2.75, 3.05) is 0 Å². The normalized spacial score (nSPS) is 14.3. The van der Waals surface area contributed by atoms with Gasteiger partial charge in [-0.05, 0) is 273 Å². The highest BCUT2D eigenvalue weighted by Crippen LogP contribution is 2.62. The van der Waals surface area contributed by atoms with Gasteiger partial charge in [0.1, 0.15) is 0 Å². The number of hydrogen-bond acceptors (Lipinski definition) is 8. The SMILES string of the molecule is c1ccc(-c2ccc(-c3cc(-c4ccccc4)nc(-c4ccccc4-c4cccc5c4-c4ccccc4C54CCCCC4)n3)cc2)cc1.c1cncc(-c2cc(-c3ccc(-c4ccc(-c5ccc(-c6cccc7c6-c6ccccc6C76CCCCC6)cc5)cc4)cc3)nc(-c3cccnc3)c2)c1.c1cncc(-c2cc(-c3cccnc3)nc(-c3cccc(-c4cccc(-c5cccc6c5-c5ccccc5C65CCCCC5)c4)c3)c2)c1. The second-order valence-corrected chi connectivity index (χ2v) is 41.2. The van der Waals surface area contributed by atoms with Crippen LogP contribution in [0.15, 0.2) is 486 Å². The Morgan fingerprint density at radius 3 is 0.807 bits per heavy atom. The van der Waals surface area contributed by atoms with Crippen LogP contribution >= 0.6 is 0 Å². The maximum absolute atomic E-state index is 5.30. The summed E-state index contributed by atoms with van der Waals surface area (Å²) in [5, 5.41) is 0. The van der Waals surface area contributed by atoms with Crippen LogP contribution in [0.2, 0.25) is 0 Å². The van der Waals surface area contributed by atoms with Crippen LogP contribution in [0.3, 0.4) is 0 Å². The van der Waals surface area contributed by atoms with Gasteiger partial charge in [-0.25, -0.2) is 19.9 Å². The summed E-state index contributed by atoms with van der Waals surface area (Å²) in [6, 6.07) is 158. The molecule has 0 radical (unpaired) electrons. The zero-order valence-corrected chi connectivity index (χ0v) is 83.9. The quantitative estimate of drug-likeness (QED) is 0.0943. The summed E-state index contributed by atoms with van der Waals surface area (Å²) in [6.07, 6.45) is 34.0. The van der Waals surface area contributed by atoms with Gasteiger partial charge in [-0.2, -0.15) is 0 Å². The zero-order valence-electron chi connectivity index (χ0n) is 83.9. The first kappa shape index (κ1) is 92.2. The fourth-order valence-corrected chi connectivity index (χ4v) is 25.5. The molecule has 0 aliphatic heterocycles. The van der Waals surface area contributed by atoms with Gasteiger partial charge in [0.2, 0.25) is 0 Å². The number of nitrogens with zero attached hydrogens (tertiary/aromatic N) is 8. The molecule has 0 unspecified atom stereocenters. The van der Waals surface area contributed by atoms with E-state index in [2.05, 4.69) is 426 Å². The lowest BCUT2D eigenvalue weighted by molar-refractivity contribution is 0.353. The highest BCUT2D eigenvalue weighted by molar-refractivity contribution is 5.99. The van der Waals surface area contributed by atoms with E-state index in [1.807, 2.05) is 61.3 Å². The maximum atomic E-state index is 5.30. The third-order valence-corrected chi connectivity index (χ3v) is 32.7. The summed E-state index contributed by atoms with van der Waals surface area (Å²) in [5.74, 6) is 0.741. The fourth-order valence-electron chi connectivity index (χ4n) is 25.5. The van der Waals surface area contributed by atoms with E-state index in [1.54, 1.807) is 24.2 Å². The van der Waals surface area contributed by atoms with Crippen molar-refractivity contribution in [3.63, 3.8) is 0 Å². The van der Waals surface area contributed by atoms with E-state index in [0.29, 0.717) is 0 Å². The average molecular weight is 1930 g/mol. The summed E-state index contributed by atoms with van der Waals surface area (Å²) >= 11 is 0. The van der Waals surface area contributed by atoms with E-state index in [4.69, 9.17) is 19.9 Å². The predicted molar refractivity (Wildman–Crippen MR) is 617 cm³/mol. The molecule has 8 heteroatoms. The second-order valence-electron chi connectivity index (χ2n) is 41.2. The Balaban J connectivity index is 0.000000114. The molecule has 718 valence electrons. The molecule has 3 saturated carbocycles. The first-order chi connectivity index (χ1) is 74.3. The number of fused-ring (bicyclic) bond motifs is 15. The Morgan fingerprint density at radius 2 is 0.400 bits per heavy atom. The minimum Gasteiger partial charge on any atom is -0.264 e. The Hall–Kier alpha value is -17.7. The highest BCUT2D eigenvalue weighted by atomic mass is 14.9. The van der Waals surface area contributed by atoms with Crippen LogP contribution in [0.25, 0.3) is 212 Å². The number of aromatic nitrogens is 8. The zero-order chi connectivity index (χ0) is 99.7. The van der Waals surface area contributed by atoms with E-state index in [1.165, 1.54) is 235 Å². The van der Waals surface area contributed by atoms with Crippen molar-refractivity contribution in [3.8, 4) is 212 Å². The number of benzene rings is 15. The number of hydrogen-bond donors (Lipinski definition) is 0. The molecule has 28 rings (SSSR count). The molecule has 6 aliphatic carbocycles. The molecule has 7 heterocycles. The maximum Gasteiger partial charge on any atom is 0.161 e. The Bertz CT molecular complexity index is 8600. The van der Waals surface area contributed by atoms with Crippen LogP contribution in [-0.2, 0) is 16.2 Å². The largest absolute Gasteiger partial charge is 0.264 e. The van der Waals surface area contributed by atoms with Crippen LogP contribution in [0.4, 0.5) is 0 Å². The lowest BCUT2D eigenvalue weighted by Gasteiger charge is -2.36. The first-order valence-electron chi connectivity index (χ1n) is 53.4. The second kappa shape index (κ2) is 40.3. The van der Waals surface area contributed by atoms with Gasteiger partial charge in [0, 0.05) is 116 Å². The molecule has 15 aromatic carbocycles. The molecule has 0 N–H and O–H groups in total.